The number of nitrogens with one attached hydrogen (secondary N) is 1. The van der Waals surface area contributed by atoms with Crippen molar-refractivity contribution in [1.82, 2.24) is 9.97 Å². The third-order valence-electron chi connectivity index (χ3n) is 4.05. The molecule has 1 aliphatic rings. The Bertz CT molecular complexity index is 659. The normalized spacial score (nSPS) is 18.3. The molecule has 2 aromatic rings. The fraction of sp³-hybridized carbons (Fsp3) is 0.412. The molecule has 0 spiro atoms. The Hall–Kier alpha value is -1.81. The van der Waals surface area contributed by atoms with Gasteiger partial charge in [-0.1, -0.05) is 24.6 Å². The minimum atomic E-state index is 0.607. The first kappa shape index (κ1) is 15.1. The van der Waals surface area contributed by atoms with Crippen LogP contribution in [0.1, 0.15) is 25.3 Å². The number of nitrogens with zero attached hydrogens (tertiary/aromatic N) is 3. The average Bonchev–Trinajstić information content (AvgIpc) is 2.51. The van der Waals surface area contributed by atoms with Crippen molar-refractivity contribution < 1.29 is 0 Å². The molecule has 1 N–H and O–H groups in total. The first-order chi connectivity index (χ1) is 10.6. The van der Waals surface area contributed by atoms with Gasteiger partial charge in [0.25, 0.3) is 0 Å². The molecule has 5 heteroatoms. The summed E-state index contributed by atoms with van der Waals surface area (Å²) in [4.78, 5) is 11.3. The van der Waals surface area contributed by atoms with Crippen LogP contribution in [-0.4, -0.2) is 23.1 Å². The number of hydrogen-bond acceptors (Lipinski definition) is 4. The van der Waals surface area contributed by atoms with Crippen LogP contribution in [0.5, 0.6) is 0 Å². The number of aromatic nitrogens is 2. The van der Waals surface area contributed by atoms with Gasteiger partial charge in [0, 0.05) is 30.0 Å². The van der Waals surface area contributed by atoms with Gasteiger partial charge >= 0.3 is 0 Å². The molecule has 1 saturated heterocycles. The van der Waals surface area contributed by atoms with E-state index in [0.29, 0.717) is 5.95 Å². The van der Waals surface area contributed by atoms with Crippen molar-refractivity contribution in [1.29, 1.82) is 0 Å². The Balaban J connectivity index is 1.77. The van der Waals surface area contributed by atoms with Crippen molar-refractivity contribution in [2.75, 3.05) is 23.3 Å². The van der Waals surface area contributed by atoms with E-state index in [1.165, 1.54) is 12.8 Å². The van der Waals surface area contributed by atoms with Gasteiger partial charge in [0.1, 0.15) is 5.82 Å². The second-order valence-electron chi connectivity index (χ2n) is 6.02. The van der Waals surface area contributed by atoms with E-state index in [0.717, 1.165) is 41.1 Å². The summed E-state index contributed by atoms with van der Waals surface area (Å²) in [7, 11) is 0. The Morgan fingerprint density at radius 3 is 2.95 bits per heavy atom. The highest BCUT2D eigenvalue weighted by molar-refractivity contribution is 6.31. The van der Waals surface area contributed by atoms with Gasteiger partial charge in [-0.3, -0.25) is 0 Å². The highest BCUT2D eigenvalue weighted by Crippen LogP contribution is 2.24. The first-order valence-electron chi connectivity index (χ1n) is 7.73. The van der Waals surface area contributed by atoms with Crippen LogP contribution in [0.15, 0.2) is 30.5 Å². The van der Waals surface area contributed by atoms with E-state index in [2.05, 4.69) is 27.1 Å². The van der Waals surface area contributed by atoms with Crippen LogP contribution >= 0.6 is 11.6 Å². The van der Waals surface area contributed by atoms with E-state index in [4.69, 9.17) is 11.6 Å². The van der Waals surface area contributed by atoms with Crippen molar-refractivity contribution in [2.24, 2.45) is 5.92 Å². The number of aryl methyl sites for hydroxylation is 1. The molecule has 0 saturated carbocycles. The molecular weight excluding hydrogens is 296 g/mol. The number of hydrogen-bond donors (Lipinski definition) is 1. The lowest BCUT2D eigenvalue weighted by molar-refractivity contribution is 0.444. The van der Waals surface area contributed by atoms with Gasteiger partial charge in [0.15, 0.2) is 0 Å². The maximum atomic E-state index is 6.16. The SMILES string of the molecule is Cc1ccc(Nc2nccc(N3CCCC(C)C3)n2)cc1Cl. The highest BCUT2D eigenvalue weighted by Gasteiger charge is 2.17. The Morgan fingerprint density at radius 1 is 1.32 bits per heavy atom. The van der Waals surface area contributed by atoms with Gasteiger partial charge in [-0.05, 0) is 49.4 Å². The van der Waals surface area contributed by atoms with Gasteiger partial charge in [0.2, 0.25) is 5.95 Å². The standard InChI is InChI=1S/C17H21ClN4/c1-12-4-3-9-22(11-12)16-7-8-19-17(21-16)20-14-6-5-13(2)15(18)10-14/h5-8,10,12H,3-4,9,11H2,1-2H3,(H,19,20,21). The highest BCUT2D eigenvalue weighted by atomic mass is 35.5. The van der Waals surface area contributed by atoms with Gasteiger partial charge in [-0.15, -0.1) is 0 Å². The molecule has 1 aromatic carbocycles. The molecule has 0 aliphatic carbocycles. The van der Waals surface area contributed by atoms with Crippen LogP contribution in [0.4, 0.5) is 17.5 Å². The molecule has 1 atom stereocenters. The summed E-state index contributed by atoms with van der Waals surface area (Å²) in [6, 6.07) is 7.85. The third-order valence-corrected chi connectivity index (χ3v) is 4.46. The predicted octanol–water partition coefficient (Wildman–Crippen LogP) is 4.42. The maximum Gasteiger partial charge on any atom is 0.229 e. The number of anilines is 3. The van der Waals surface area contributed by atoms with E-state index in [-0.39, 0.29) is 0 Å². The average molecular weight is 317 g/mol. The van der Waals surface area contributed by atoms with Crippen LogP contribution < -0.4 is 10.2 Å². The topological polar surface area (TPSA) is 41.1 Å². The van der Waals surface area contributed by atoms with Gasteiger partial charge in [0.05, 0.1) is 0 Å². The molecule has 1 aliphatic heterocycles. The zero-order valence-electron chi connectivity index (χ0n) is 13.0. The zero-order chi connectivity index (χ0) is 15.5. The molecule has 116 valence electrons. The van der Waals surface area contributed by atoms with Crippen LogP contribution in [0.25, 0.3) is 0 Å². The van der Waals surface area contributed by atoms with Gasteiger partial charge in [-0.25, -0.2) is 4.98 Å². The molecule has 2 heterocycles. The Kier molecular flexibility index (Phi) is 4.48. The van der Waals surface area contributed by atoms with Crippen molar-refractivity contribution in [3.63, 3.8) is 0 Å². The minimum Gasteiger partial charge on any atom is -0.356 e. The van der Waals surface area contributed by atoms with Gasteiger partial charge in [-0.2, -0.15) is 4.98 Å². The molecule has 1 aromatic heterocycles. The third kappa shape index (κ3) is 3.50. The molecular formula is C17H21ClN4. The lowest BCUT2D eigenvalue weighted by Crippen LogP contribution is -2.34. The smallest absolute Gasteiger partial charge is 0.229 e. The first-order valence-corrected chi connectivity index (χ1v) is 8.11. The quantitative estimate of drug-likeness (QED) is 0.910. The monoisotopic (exact) mass is 316 g/mol. The molecule has 3 rings (SSSR count). The summed E-state index contributed by atoms with van der Waals surface area (Å²) < 4.78 is 0. The van der Waals surface area contributed by atoms with Crippen LogP contribution in [0, 0.1) is 12.8 Å². The number of piperidine rings is 1. The van der Waals surface area contributed by atoms with Crippen molar-refractivity contribution >= 4 is 29.1 Å². The lowest BCUT2D eigenvalue weighted by atomic mass is 10.0. The maximum absolute atomic E-state index is 6.16. The van der Waals surface area contributed by atoms with Crippen LogP contribution in [0.2, 0.25) is 5.02 Å². The van der Waals surface area contributed by atoms with E-state index in [1.54, 1.807) is 6.20 Å². The molecule has 1 unspecified atom stereocenters. The Morgan fingerprint density at radius 2 is 2.18 bits per heavy atom. The van der Waals surface area contributed by atoms with E-state index in [9.17, 15) is 0 Å². The summed E-state index contributed by atoms with van der Waals surface area (Å²) in [5, 5.41) is 3.97. The Labute approximate surface area is 136 Å². The molecule has 0 radical (unpaired) electrons. The number of rotatable bonds is 3. The van der Waals surface area contributed by atoms with Crippen molar-refractivity contribution in [3.8, 4) is 0 Å². The fourth-order valence-corrected chi connectivity index (χ4v) is 2.96. The molecule has 0 amide bonds. The molecule has 4 nitrogen and oxygen atoms in total. The summed E-state index contributed by atoms with van der Waals surface area (Å²) in [5.41, 5.74) is 1.96. The summed E-state index contributed by atoms with van der Waals surface area (Å²) >= 11 is 6.16. The summed E-state index contributed by atoms with van der Waals surface area (Å²) in [5.74, 6) is 2.31. The fourth-order valence-electron chi connectivity index (χ4n) is 2.78. The largest absolute Gasteiger partial charge is 0.356 e. The van der Waals surface area contributed by atoms with Crippen LogP contribution in [-0.2, 0) is 0 Å². The lowest BCUT2D eigenvalue weighted by Gasteiger charge is -2.31. The predicted molar refractivity (Wildman–Crippen MR) is 92.1 cm³/mol. The second kappa shape index (κ2) is 6.53. The van der Waals surface area contributed by atoms with E-state index >= 15 is 0 Å². The summed E-state index contributed by atoms with van der Waals surface area (Å²) in [6.45, 7) is 6.41. The second-order valence-corrected chi connectivity index (χ2v) is 6.43. The van der Waals surface area contributed by atoms with Crippen LogP contribution in [0.3, 0.4) is 0 Å². The van der Waals surface area contributed by atoms with Crippen molar-refractivity contribution in [3.05, 3.63) is 41.0 Å². The van der Waals surface area contributed by atoms with Crippen molar-refractivity contribution in [2.45, 2.75) is 26.7 Å². The molecule has 0 bridgehead atoms. The van der Waals surface area contributed by atoms with E-state index in [1.807, 2.05) is 31.2 Å². The zero-order valence-corrected chi connectivity index (χ0v) is 13.8. The molecule has 1 fully saturated rings. The summed E-state index contributed by atoms with van der Waals surface area (Å²) in [6.07, 6.45) is 4.33. The minimum absolute atomic E-state index is 0.607. The van der Waals surface area contributed by atoms with Gasteiger partial charge < -0.3 is 10.2 Å². The number of halogens is 1. The number of benzene rings is 1. The van der Waals surface area contributed by atoms with E-state index < -0.39 is 0 Å². The molecule has 22 heavy (non-hydrogen) atoms.